The maximum atomic E-state index is 12.8. The average Bonchev–Trinajstić information content (AvgIpc) is 2.92. The molecule has 1 aromatic carbocycles. The van der Waals surface area contributed by atoms with Crippen LogP contribution in [-0.2, 0) is 27.6 Å². The topological polar surface area (TPSA) is 72.5 Å². The van der Waals surface area contributed by atoms with Gasteiger partial charge >= 0.3 is 5.97 Å². The van der Waals surface area contributed by atoms with Gasteiger partial charge in [0, 0.05) is 9.35 Å². The molecule has 25 heavy (non-hydrogen) atoms. The molecule has 8 heteroatoms. The van der Waals surface area contributed by atoms with Crippen LogP contribution in [0.5, 0.6) is 0 Å². The first kappa shape index (κ1) is 18.4. The van der Waals surface area contributed by atoms with Gasteiger partial charge in [-0.2, -0.15) is 0 Å². The minimum absolute atomic E-state index is 0.135. The molecule has 0 saturated carbocycles. The molecule has 0 amide bonds. The zero-order chi connectivity index (χ0) is 18.0. The third-order valence-electron chi connectivity index (χ3n) is 4.00. The van der Waals surface area contributed by atoms with Crippen LogP contribution < -0.4 is 4.72 Å². The summed E-state index contributed by atoms with van der Waals surface area (Å²) in [6.45, 7) is 1.99. The lowest BCUT2D eigenvalue weighted by molar-refractivity contribution is 0.0526. The van der Waals surface area contributed by atoms with E-state index in [9.17, 15) is 13.2 Å². The number of hydrogen-bond donors (Lipinski definition) is 1. The summed E-state index contributed by atoms with van der Waals surface area (Å²) in [5, 5.41) is 0.348. The number of carbonyl (C=O) groups excluding carboxylic acids is 1. The molecule has 1 N–H and O–H groups in total. The Balaban J connectivity index is 2.04. The standard InChI is InChI=1S/C17H18BrNO4S2/c1-2-23-17(20)15-11-7-3-5-9-13(11)24-16(15)19-25(21,22)14-10-6-4-8-12(14)18/h4,6,8,10,19H,2-3,5,7,9H2,1H3. The predicted octanol–water partition coefficient (Wildman–Crippen LogP) is 4.37. The van der Waals surface area contributed by atoms with Crippen LogP contribution >= 0.6 is 27.3 Å². The lowest BCUT2D eigenvalue weighted by Crippen LogP contribution is -2.16. The van der Waals surface area contributed by atoms with Crippen LogP contribution in [-0.4, -0.2) is 21.0 Å². The van der Waals surface area contributed by atoms with E-state index >= 15 is 0 Å². The van der Waals surface area contributed by atoms with E-state index in [0.29, 0.717) is 15.0 Å². The second-order valence-electron chi connectivity index (χ2n) is 5.67. The molecule has 0 bridgehead atoms. The molecule has 1 aliphatic rings. The molecular formula is C17H18BrNO4S2. The average molecular weight is 444 g/mol. The van der Waals surface area contributed by atoms with Crippen molar-refractivity contribution in [3.8, 4) is 0 Å². The molecule has 5 nitrogen and oxygen atoms in total. The van der Waals surface area contributed by atoms with E-state index in [1.165, 1.54) is 17.4 Å². The number of esters is 1. The largest absolute Gasteiger partial charge is 0.462 e. The Morgan fingerprint density at radius 1 is 1.28 bits per heavy atom. The molecule has 3 rings (SSSR count). The minimum atomic E-state index is -3.81. The molecule has 134 valence electrons. The van der Waals surface area contributed by atoms with Gasteiger partial charge in [0.2, 0.25) is 0 Å². The number of ether oxygens (including phenoxy) is 1. The molecular weight excluding hydrogens is 426 g/mol. The highest BCUT2D eigenvalue weighted by Crippen LogP contribution is 2.40. The molecule has 1 aromatic heterocycles. The third kappa shape index (κ3) is 3.75. The minimum Gasteiger partial charge on any atom is -0.462 e. The number of nitrogens with one attached hydrogen (secondary N) is 1. The fourth-order valence-corrected chi connectivity index (χ4v) is 6.48. The molecule has 1 aliphatic carbocycles. The molecule has 1 heterocycles. The second kappa shape index (κ2) is 7.47. The highest BCUT2D eigenvalue weighted by atomic mass is 79.9. The molecule has 0 saturated heterocycles. The first-order valence-corrected chi connectivity index (χ1v) is 11.1. The Morgan fingerprint density at radius 2 is 2.00 bits per heavy atom. The number of halogens is 1. The lowest BCUT2D eigenvalue weighted by atomic mass is 9.95. The van der Waals surface area contributed by atoms with E-state index in [4.69, 9.17) is 4.74 Å². The number of benzene rings is 1. The molecule has 0 radical (unpaired) electrons. The second-order valence-corrected chi connectivity index (χ2v) is 9.28. The normalized spacial score (nSPS) is 14.0. The van der Waals surface area contributed by atoms with Crippen molar-refractivity contribution in [2.75, 3.05) is 11.3 Å². The number of anilines is 1. The summed E-state index contributed by atoms with van der Waals surface area (Å²) in [6, 6.07) is 6.59. The summed E-state index contributed by atoms with van der Waals surface area (Å²) in [5.41, 5.74) is 1.30. The van der Waals surface area contributed by atoms with Crippen LogP contribution in [0, 0.1) is 0 Å². The van der Waals surface area contributed by atoms with Gasteiger partial charge < -0.3 is 4.74 Å². The van der Waals surface area contributed by atoms with E-state index in [1.807, 2.05) is 0 Å². The Hall–Kier alpha value is -1.38. The summed E-state index contributed by atoms with van der Waals surface area (Å²) in [6.07, 6.45) is 3.68. The molecule has 0 atom stereocenters. The quantitative estimate of drug-likeness (QED) is 0.696. The van der Waals surface area contributed by atoms with Gasteiger partial charge in [0.25, 0.3) is 10.0 Å². The van der Waals surface area contributed by atoms with Gasteiger partial charge in [0.1, 0.15) is 9.90 Å². The number of sulfonamides is 1. The molecule has 0 spiro atoms. The van der Waals surface area contributed by atoms with E-state index < -0.39 is 16.0 Å². The smallest absolute Gasteiger partial charge is 0.341 e. The number of carbonyl (C=O) groups is 1. The zero-order valence-corrected chi connectivity index (χ0v) is 16.9. The Bertz CT molecular complexity index is 905. The van der Waals surface area contributed by atoms with E-state index in [1.54, 1.807) is 25.1 Å². The summed E-state index contributed by atoms with van der Waals surface area (Å²) >= 11 is 4.60. The summed E-state index contributed by atoms with van der Waals surface area (Å²) in [7, 11) is -3.81. The van der Waals surface area contributed by atoms with Crippen molar-refractivity contribution >= 4 is 48.3 Å². The summed E-state index contributed by atoms with van der Waals surface area (Å²) in [5.74, 6) is -0.466. The van der Waals surface area contributed by atoms with Crippen molar-refractivity contribution in [1.29, 1.82) is 0 Å². The summed E-state index contributed by atoms with van der Waals surface area (Å²) < 4.78 is 33.8. The van der Waals surface area contributed by atoms with Gasteiger partial charge in [0.15, 0.2) is 0 Å². The molecule has 0 fully saturated rings. The zero-order valence-electron chi connectivity index (χ0n) is 13.7. The summed E-state index contributed by atoms with van der Waals surface area (Å²) in [4.78, 5) is 13.6. The van der Waals surface area contributed by atoms with E-state index in [2.05, 4.69) is 20.7 Å². The van der Waals surface area contributed by atoms with Crippen molar-refractivity contribution in [3.05, 3.63) is 44.7 Å². The van der Waals surface area contributed by atoms with Crippen molar-refractivity contribution in [2.24, 2.45) is 0 Å². The Kier molecular flexibility index (Phi) is 5.50. The monoisotopic (exact) mass is 443 g/mol. The van der Waals surface area contributed by atoms with Gasteiger partial charge in [-0.3, -0.25) is 4.72 Å². The lowest BCUT2D eigenvalue weighted by Gasteiger charge is -2.13. The van der Waals surface area contributed by atoms with Crippen LogP contribution in [0.3, 0.4) is 0 Å². The van der Waals surface area contributed by atoms with Gasteiger partial charge in [-0.1, -0.05) is 12.1 Å². The van der Waals surface area contributed by atoms with E-state index in [0.717, 1.165) is 36.1 Å². The number of aryl methyl sites for hydroxylation is 1. The van der Waals surface area contributed by atoms with Crippen LogP contribution in [0.1, 0.15) is 40.6 Å². The highest BCUT2D eigenvalue weighted by molar-refractivity contribution is 9.10. The van der Waals surface area contributed by atoms with Gasteiger partial charge in [-0.25, -0.2) is 13.2 Å². The fraction of sp³-hybridized carbons (Fsp3) is 0.353. The van der Waals surface area contributed by atoms with Crippen molar-refractivity contribution in [1.82, 2.24) is 0 Å². The van der Waals surface area contributed by atoms with Gasteiger partial charge in [0.05, 0.1) is 12.2 Å². The first-order valence-electron chi connectivity index (χ1n) is 8.03. The van der Waals surface area contributed by atoms with Crippen LogP contribution in [0.4, 0.5) is 5.00 Å². The molecule has 2 aromatic rings. The van der Waals surface area contributed by atoms with Crippen LogP contribution in [0.2, 0.25) is 0 Å². The first-order chi connectivity index (χ1) is 11.9. The van der Waals surface area contributed by atoms with Crippen LogP contribution in [0.25, 0.3) is 0 Å². The van der Waals surface area contributed by atoms with Crippen molar-refractivity contribution < 1.29 is 17.9 Å². The fourth-order valence-electron chi connectivity index (χ4n) is 2.90. The third-order valence-corrected chi connectivity index (χ3v) is 7.70. The maximum Gasteiger partial charge on any atom is 0.341 e. The SMILES string of the molecule is CCOC(=O)c1c(NS(=O)(=O)c2ccccc2Br)sc2c1CCCC2. The number of rotatable bonds is 5. The molecule has 0 aliphatic heterocycles. The van der Waals surface area contributed by atoms with Gasteiger partial charge in [-0.05, 0) is 66.2 Å². The van der Waals surface area contributed by atoms with Crippen molar-refractivity contribution in [2.45, 2.75) is 37.5 Å². The predicted molar refractivity (Wildman–Crippen MR) is 102 cm³/mol. The van der Waals surface area contributed by atoms with E-state index in [-0.39, 0.29) is 11.5 Å². The number of fused-ring (bicyclic) bond motifs is 1. The Morgan fingerprint density at radius 3 is 2.72 bits per heavy atom. The number of hydrogen-bond acceptors (Lipinski definition) is 5. The highest BCUT2D eigenvalue weighted by Gasteiger charge is 2.29. The van der Waals surface area contributed by atoms with Crippen molar-refractivity contribution in [3.63, 3.8) is 0 Å². The van der Waals surface area contributed by atoms with Gasteiger partial charge in [-0.15, -0.1) is 11.3 Å². The number of thiophene rings is 1. The molecule has 0 unspecified atom stereocenters. The Labute approximate surface area is 159 Å². The van der Waals surface area contributed by atoms with Crippen LogP contribution in [0.15, 0.2) is 33.6 Å². The maximum absolute atomic E-state index is 12.8.